The molecule has 24 nitrogen and oxygen atoms in total. The summed E-state index contributed by atoms with van der Waals surface area (Å²) in [6, 6.07) is 1.56. The smallest absolute Gasteiger partial charge is 0.407 e. The van der Waals surface area contributed by atoms with Crippen LogP contribution in [0.3, 0.4) is 0 Å². The maximum Gasteiger partial charge on any atom is 0.407 e. The number of aliphatic hydroxyl groups excluding tert-OH is 1. The van der Waals surface area contributed by atoms with Crippen molar-refractivity contribution in [2.45, 2.75) is 96.5 Å². The van der Waals surface area contributed by atoms with Crippen molar-refractivity contribution in [3.8, 4) is 0 Å². The van der Waals surface area contributed by atoms with E-state index in [9.17, 15) is 53.1 Å². The zero-order valence-electron chi connectivity index (χ0n) is 39.2. The van der Waals surface area contributed by atoms with E-state index in [0.717, 1.165) is 17.1 Å². The highest BCUT2D eigenvalue weighted by atomic mass is 16.5. The van der Waals surface area contributed by atoms with Crippen LogP contribution in [0, 0.1) is 5.92 Å². The summed E-state index contributed by atoms with van der Waals surface area (Å²) in [5.74, 6) is -5.68. The fourth-order valence-electron chi connectivity index (χ4n) is 6.31. The Morgan fingerprint density at radius 3 is 2.00 bits per heavy atom. The minimum absolute atomic E-state index is 0.00644. The Kier molecular flexibility index (Phi) is 27.3. The maximum atomic E-state index is 13.4. The molecule has 1 aromatic carbocycles. The predicted molar refractivity (Wildman–Crippen MR) is 245 cm³/mol. The molecule has 0 saturated heterocycles. The van der Waals surface area contributed by atoms with Gasteiger partial charge < -0.3 is 67.6 Å². The molecule has 4 atom stereocenters. The van der Waals surface area contributed by atoms with Crippen LogP contribution >= 0.6 is 0 Å². The van der Waals surface area contributed by atoms with E-state index in [1.54, 1.807) is 45.2 Å². The first kappa shape index (κ1) is 57.6. The Morgan fingerprint density at radius 1 is 0.706 bits per heavy atom. The number of ether oxygens (including phenoxy) is 3. The number of carbonyl (C=O) groups is 10. The average molecular weight is 961 g/mol. The number of anilines is 1. The molecule has 24 heteroatoms. The van der Waals surface area contributed by atoms with Gasteiger partial charge in [0.15, 0.2) is 0 Å². The van der Waals surface area contributed by atoms with Crippen molar-refractivity contribution in [2.75, 3.05) is 71.6 Å². The largest absolute Gasteiger partial charge is 0.445 e. The number of aliphatic hydroxyl groups is 1. The van der Waals surface area contributed by atoms with Crippen LogP contribution in [0.25, 0.3) is 0 Å². The Balaban J connectivity index is 1.90. The number of alkyl carbamates (subject to hydrolysis) is 1. The van der Waals surface area contributed by atoms with Gasteiger partial charge in [0.1, 0.15) is 30.8 Å². The average Bonchev–Trinajstić information content (AvgIpc) is 3.62. The normalized spacial score (nSPS) is 13.7. The van der Waals surface area contributed by atoms with Crippen LogP contribution < -0.4 is 48.3 Å². The molecule has 0 fully saturated rings. The minimum Gasteiger partial charge on any atom is -0.445 e. The number of unbranched alkanes of at least 4 members (excludes halogenated alkanes) is 1. The number of nitrogens with two attached hydrogens (primary N) is 1. The molecule has 1 heterocycles. The van der Waals surface area contributed by atoms with Crippen molar-refractivity contribution in [1.82, 2.24) is 42.1 Å². The van der Waals surface area contributed by atoms with Gasteiger partial charge in [0.2, 0.25) is 41.4 Å². The van der Waals surface area contributed by atoms with Crippen LogP contribution in [0.2, 0.25) is 0 Å². The summed E-state index contributed by atoms with van der Waals surface area (Å²) in [6.07, 6.45) is 3.07. The number of hydrogen-bond donors (Lipinski definition) is 10. The Hall–Kier alpha value is -6.50. The Morgan fingerprint density at radius 2 is 1.37 bits per heavy atom. The van der Waals surface area contributed by atoms with Gasteiger partial charge in [0.25, 0.3) is 11.8 Å². The monoisotopic (exact) mass is 960 g/mol. The van der Waals surface area contributed by atoms with Crippen LogP contribution in [-0.2, 0) is 64.0 Å². The summed E-state index contributed by atoms with van der Waals surface area (Å²) in [6.45, 7) is 5.03. The van der Waals surface area contributed by atoms with Crippen LogP contribution in [-0.4, -0.2) is 160 Å². The number of carbonyl (C=O) groups excluding carboxylic acids is 10. The highest BCUT2D eigenvalue weighted by Gasteiger charge is 2.29. The molecule has 0 saturated carbocycles. The highest BCUT2D eigenvalue weighted by molar-refractivity contribution is 6.12. The molecule has 0 radical (unpaired) electrons. The zero-order chi connectivity index (χ0) is 50.4. The Labute approximate surface area is 395 Å². The summed E-state index contributed by atoms with van der Waals surface area (Å²) >= 11 is 0. The fourth-order valence-corrected chi connectivity index (χ4v) is 6.31. The third-order valence-corrected chi connectivity index (χ3v) is 9.84. The molecule has 378 valence electrons. The maximum absolute atomic E-state index is 13.4. The molecule has 2 rings (SSSR count). The lowest BCUT2D eigenvalue weighted by atomic mass is 10.0. The summed E-state index contributed by atoms with van der Waals surface area (Å²) in [5.41, 5.74) is 6.57. The number of hydrogen-bond acceptors (Lipinski definition) is 15. The number of rotatable bonds is 33. The second-order valence-electron chi connectivity index (χ2n) is 16.0. The first-order valence-electron chi connectivity index (χ1n) is 22.4. The summed E-state index contributed by atoms with van der Waals surface area (Å²) in [7, 11) is 1.55. The topological polar surface area (TPSA) is 344 Å². The molecule has 10 amide bonds. The van der Waals surface area contributed by atoms with E-state index >= 15 is 0 Å². The lowest BCUT2D eigenvalue weighted by Crippen LogP contribution is -2.56. The number of amides is 10. The molecule has 0 aliphatic carbocycles. The predicted octanol–water partition coefficient (Wildman–Crippen LogP) is -2.03. The van der Waals surface area contributed by atoms with Crippen LogP contribution in [0.5, 0.6) is 0 Å². The van der Waals surface area contributed by atoms with Crippen molar-refractivity contribution in [2.24, 2.45) is 11.7 Å². The lowest BCUT2D eigenvalue weighted by molar-refractivity contribution is -0.137. The molecule has 68 heavy (non-hydrogen) atoms. The molecule has 1 aromatic rings. The van der Waals surface area contributed by atoms with Crippen LogP contribution in [0.15, 0.2) is 36.4 Å². The summed E-state index contributed by atoms with van der Waals surface area (Å²) in [4.78, 5) is 127. The zero-order valence-corrected chi connectivity index (χ0v) is 39.2. The molecular formula is C44H68N10O14. The third-order valence-electron chi connectivity index (χ3n) is 9.84. The van der Waals surface area contributed by atoms with E-state index < -0.39 is 96.6 Å². The highest BCUT2D eigenvalue weighted by Crippen LogP contribution is 2.13. The molecule has 1 aliphatic rings. The molecule has 1 aliphatic heterocycles. The van der Waals surface area contributed by atoms with Crippen molar-refractivity contribution < 1.29 is 67.3 Å². The van der Waals surface area contributed by atoms with Gasteiger partial charge in [-0.25, -0.2) is 4.79 Å². The summed E-state index contributed by atoms with van der Waals surface area (Å²) in [5, 5.41) is 30.3. The molecule has 11 N–H and O–H groups in total. The number of methoxy groups -OCH3 is 1. The number of nitrogens with one attached hydrogen (secondary N) is 8. The summed E-state index contributed by atoms with van der Waals surface area (Å²) < 4.78 is 15.4. The van der Waals surface area contributed by atoms with Crippen molar-refractivity contribution in [3.05, 3.63) is 42.0 Å². The van der Waals surface area contributed by atoms with Crippen molar-refractivity contribution >= 4 is 64.9 Å². The molecule has 0 aromatic heterocycles. The first-order valence-corrected chi connectivity index (χ1v) is 22.4. The third kappa shape index (κ3) is 23.3. The molecule has 0 spiro atoms. The van der Waals surface area contributed by atoms with Gasteiger partial charge in [-0.3, -0.25) is 48.1 Å². The molecular weight excluding hydrogens is 893 g/mol. The lowest BCUT2D eigenvalue weighted by Gasteiger charge is -2.24. The van der Waals surface area contributed by atoms with E-state index in [2.05, 4.69) is 42.5 Å². The quantitative estimate of drug-likeness (QED) is 0.0268. The number of imide groups is 1. The van der Waals surface area contributed by atoms with E-state index in [4.69, 9.17) is 19.9 Å². The van der Waals surface area contributed by atoms with Gasteiger partial charge in [-0.15, -0.1) is 0 Å². The minimum atomic E-state index is -1.53. The van der Waals surface area contributed by atoms with Crippen LogP contribution in [0.1, 0.15) is 71.3 Å². The number of nitrogens with zero attached hydrogens (tertiary/aromatic N) is 1. The first-order chi connectivity index (χ1) is 32.5. The van der Waals surface area contributed by atoms with Gasteiger partial charge in [0, 0.05) is 64.5 Å². The van der Waals surface area contributed by atoms with Gasteiger partial charge in [0.05, 0.1) is 26.4 Å². The second kappa shape index (κ2) is 32.2. The van der Waals surface area contributed by atoms with Gasteiger partial charge >= 0.3 is 6.09 Å². The molecule has 0 unspecified atom stereocenters. The van der Waals surface area contributed by atoms with Gasteiger partial charge in [-0.2, -0.15) is 0 Å². The van der Waals surface area contributed by atoms with E-state index in [-0.39, 0.29) is 57.8 Å². The molecule has 0 bridgehead atoms. The van der Waals surface area contributed by atoms with Crippen molar-refractivity contribution in [3.63, 3.8) is 0 Å². The Bertz CT molecular complexity index is 1860. The second-order valence-corrected chi connectivity index (χ2v) is 16.0. The van der Waals surface area contributed by atoms with Crippen molar-refractivity contribution in [1.29, 1.82) is 0 Å². The van der Waals surface area contributed by atoms with E-state index in [1.807, 2.05) is 0 Å². The fraction of sp³-hybridized carbons (Fsp3) is 0.591. The SMILES string of the molecule is COCCOCCCNC(=O)[C@H](CCC(=O)N[C@@H](CC(C)C)C(=O)N[C@@H](CO)C(=O)NCC(=O)N[C@@H](CCCCN)C(=O)Nc1ccc(COC(=O)NCCN2C(=O)C=CC2=O)cc1)NC(C)=O. The van der Waals surface area contributed by atoms with Gasteiger partial charge in [-0.1, -0.05) is 26.0 Å². The van der Waals surface area contributed by atoms with E-state index in [1.165, 1.54) is 6.92 Å². The van der Waals surface area contributed by atoms with E-state index in [0.29, 0.717) is 56.9 Å². The van der Waals surface area contributed by atoms with Gasteiger partial charge in [-0.05, 0) is 68.7 Å². The van der Waals surface area contributed by atoms with Crippen LogP contribution in [0.4, 0.5) is 10.5 Å². The number of benzene rings is 1. The standard InChI is InChI=1S/C44H68N10O14/c1-28(2)24-34(52-36(57)14-13-33(49-29(3)56)40(61)46-18-7-21-67-23-22-66-4)43(64)53-35(26-55)41(62)48-25-37(58)51-32(8-5-6-17-45)42(63)50-31-11-9-30(10-12-31)27-68-44(65)47-19-20-54-38(59)15-16-39(54)60/h9-12,15-16,28,32-35,55H,5-8,13-14,17-27,45H2,1-4H3,(H,46,61)(H,47,65)(H,48,62)(H,49,56)(H,50,63)(H,51,58)(H,52,57)(H,53,64)/t32-,33-,34-,35-/m0/s1.